The zero-order valence-electron chi connectivity index (χ0n) is 29.7. The summed E-state index contributed by atoms with van der Waals surface area (Å²) >= 11 is 0. The number of ether oxygens (including phenoxy) is 2. The Balaban J connectivity index is 1.19. The quantitative estimate of drug-likeness (QED) is 0.109. The average Bonchev–Trinajstić information content (AvgIpc) is 3.40. The summed E-state index contributed by atoms with van der Waals surface area (Å²) in [6.07, 6.45) is 6.37. The van der Waals surface area contributed by atoms with Crippen LogP contribution in [-0.2, 0) is 23.1 Å². The largest absolute Gasteiger partial charge is 0.472 e. The van der Waals surface area contributed by atoms with Crippen LogP contribution in [0.2, 0.25) is 0 Å². The molecule has 5 rings (SSSR count). The number of aliphatic hydroxyl groups is 5. The molecule has 6 N–H and O–H groups in total. The third kappa shape index (κ3) is 8.12. The van der Waals surface area contributed by atoms with Crippen LogP contribution in [0.4, 0.5) is 0 Å². The second-order valence-corrected chi connectivity index (χ2v) is 18.2. The van der Waals surface area contributed by atoms with E-state index < -0.39 is 64.5 Å². The molecular formula is C36H63O11P. The Morgan fingerprint density at radius 1 is 0.979 bits per heavy atom. The Morgan fingerprint density at radius 3 is 2.44 bits per heavy atom. The van der Waals surface area contributed by atoms with Gasteiger partial charge in [0.2, 0.25) is 0 Å². The Kier molecular flexibility index (Phi) is 12.7. The number of phosphoric ester groups is 1. The molecule has 15 atom stereocenters. The molecule has 1 saturated heterocycles. The predicted octanol–water partition coefficient (Wildman–Crippen LogP) is 4.71. The van der Waals surface area contributed by atoms with Gasteiger partial charge in [-0.25, -0.2) is 4.57 Å². The van der Waals surface area contributed by atoms with E-state index in [1.807, 2.05) is 0 Å². The molecule has 12 heteroatoms. The minimum atomic E-state index is -4.66. The van der Waals surface area contributed by atoms with E-state index in [2.05, 4.69) is 45.2 Å². The van der Waals surface area contributed by atoms with Crippen molar-refractivity contribution in [3.63, 3.8) is 0 Å². The molecule has 0 bridgehead atoms. The molecule has 4 fully saturated rings. The van der Waals surface area contributed by atoms with Crippen LogP contribution >= 0.6 is 7.82 Å². The molecule has 5 aliphatic rings. The molecule has 0 spiro atoms. The third-order valence-electron chi connectivity index (χ3n) is 13.3. The van der Waals surface area contributed by atoms with Crippen molar-refractivity contribution in [3.8, 4) is 0 Å². The van der Waals surface area contributed by atoms with Crippen LogP contribution in [0.15, 0.2) is 11.6 Å². The first-order valence-corrected chi connectivity index (χ1v) is 20.0. The lowest BCUT2D eigenvalue weighted by Crippen LogP contribution is -2.60. The van der Waals surface area contributed by atoms with Gasteiger partial charge in [0.1, 0.15) is 30.5 Å². The van der Waals surface area contributed by atoms with Crippen LogP contribution in [0.1, 0.15) is 105 Å². The summed E-state index contributed by atoms with van der Waals surface area (Å²) in [5.41, 5.74) is 1.95. The number of hydrogen-bond donors (Lipinski definition) is 6. The molecule has 0 radical (unpaired) electrons. The second kappa shape index (κ2) is 15.7. The number of phosphoric acid groups is 1. The third-order valence-corrected chi connectivity index (χ3v) is 14.2. The van der Waals surface area contributed by atoms with Gasteiger partial charge in [-0.2, -0.15) is 0 Å². The molecule has 278 valence electrons. The van der Waals surface area contributed by atoms with Crippen molar-refractivity contribution in [2.45, 2.75) is 148 Å². The van der Waals surface area contributed by atoms with E-state index in [1.165, 1.54) is 50.5 Å². The monoisotopic (exact) mass is 702 g/mol. The van der Waals surface area contributed by atoms with Gasteiger partial charge in [-0.1, -0.05) is 65.5 Å². The van der Waals surface area contributed by atoms with E-state index >= 15 is 0 Å². The highest BCUT2D eigenvalue weighted by Gasteiger charge is 2.59. The molecule has 0 aromatic heterocycles. The fourth-order valence-electron chi connectivity index (χ4n) is 10.6. The number of aliphatic hydroxyl groups excluding tert-OH is 5. The molecule has 4 aliphatic carbocycles. The van der Waals surface area contributed by atoms with Crippen LogP contribution < -0.4 is 0 Å². The number of hydrogen-bond acceptors (Lipinski definition) is 10. The maximum absolute atomic E-state index is 12.2. The van der Waals surface area contributed by atoms with Crippen LogP contribution in [0.25, 0.3) is 0 Å². The van der Waals surface area contributed by atoms with E-state index in [9.17, 15) is 29.9 Å². The summed E-state index contributed by atoms with van der Waals surface area (Å²) < 4.78 is 33.8. The smallest absolute Gasteiger partial charge is 0.394 e. The molecule has 3 saturated carbocycles. The zero-order valence-corrected chi connectivity index (χ0v) is 30.5. The lowest BCUT2D eigenvalue weighted by molar-refractivity contribution is -0.312. The van der Waals surface area contributed by atoms with E-state index in [0.29, 0.717) is 23.7 Å². The van der Waals surface area contributed by atoms with E-state index in [4.69, 9.17) is 19.1 Å². The first-order chi connectivity index (χ1) is 22.6. The summed E-state index contributed by atoms with van der Waals surface area (Å²) in [5, 5.41) is 50.1. The van der Waals surface area contributed by atoms with Crippen molar-refractivity contribution in [1.82, 2.24) is 0 Å². The van der Waals surface area contributed by atoms with Gasteiger partial charge < -0.3 is 39.9 Å². The second-order valence-electron chi connectivity index (χ2n) is 16.7. The summed E-state index contributed by atoms with van der Waals surface area (Å²) in [7, 11) is -4.66. The normalized spacial score (nSPS) is 43.9. The Hall–Kier alpha value is -0.430. The lowest BCUT2D eigenvalue weighted by atomic mass is 9.47. The van der Waals surface area contributed by atoms with E-state index in [1.54, 1.807) is 0 Å². The van der Waals surface area contributed by atoms with Gasteiger partial charge in [-0.15, -0.1) is 0 Å². The van der Waals surface area contributed by atoms with Crippen molar-refractivity contribution >= 4 is 7.82 Å². The predicted molar refractivity (Wildman–Crippen MR) is 179 cm³/mol. The standard InChI is InChI=1S/C36H63O11P/c1-21(2)7-6-8-22(3)27-11-12-28-26-10-9-23-17-25(13-15-35(23,4)29(26)14-16-36(27,28)5)46-34-33(41)32(40)31(39)30(47-34)20-45-48(42,43)44-19-24(38)18-37/h9,21-22,24-34,37-41H,6-8,10-20H2,1-5H3,(H,42,43)/t22-,24-,25+,26+,27-,28+,29+,30-,31-,32+,33-,34+,35+,36-/m1/s1. The van der Waals surface area contributed by atoms with Crippen LogP contribution in [0.3, 0.4) is 0 Å². The summed E-state index contributed by atoms with van der Waals surface area (Å²) in [5.74, 6) is 4.51. The Morgan fingerprint density at radius 2 is 1.73 bits per heavy atom. The van der Waals surface area contributed by atoms with Gasteiger partial charge in [0.15, 0.2) is 6.29 Å². The minimum absolute atomic E-state index is 0.106. The summed E-state index contributed by atoms with van der Waals surface area (Å²) in [6.45, 7) is 10.3. The molecule has 0 aromatic carbocycles. The van der Waals surface area contributed by atoms with Crippen LogP contribution in [0.5, 0.6) is 0 Å². The van der Waals surface area contributed by atoms with Crippen molar-refractivity contribution < 1.29 is 53.5 Å². The first kappa shape index (κ1) is 38.8. The van der Waals surface area contributed by atoms with Gasteiger partial charge in [0, 0.05) is 0 Å². The van der Waals surface area contributed by atoms with Gasteiger partial charge in [0.25, 0.3) is 0 Å². The highest BCUT2D eigenvalue weighted by molar-refractivity contribution is 7.47. The van der Waals surface area contributed by atoms with Gasteiger partial charge in [-0.05, 0) is 97.7 Å². The van der Waals surface area contributed by atoms with E-state index in [0.717, 1.165) is 42.9 Å². The molecule has 48 heavy (non-hydrogen) atoms. The lowest BCUT2D eigenvalue weighted by Gasteiger charge is -2.58. The Labute approximate surface area is 287 Å². The molecule has 1 unspecified atom stereocenters. The van der Waals surface area contributed by atoms with Crippen molar-refractivity contribution in [3.05, 3.63) is 11.6 Å². The molecule has 11 nitrogen and oxygen atoms in total. The maximum atomic E-state index is 12.2. The molecular weight excluding hydrogens is 639 g/mol. The number of allylic oxidation sites excluding steroid dienone is 1. The number of rotatable bonds is 14. The SMILES string of the molecule is CC(C)CCC[C@@H](C)[C@H]1CC[C@H]2[C@@H]3CC=C4C[C@@H](O[C@H]5O[C@H](COP(=O)(O)OC[C@H](O)CO)[C@@H](O)[C@H](O)[C@H]5O)CC[C@]4(C)[C@H]3CC[C@]12C. The minimum Gasteiger partial charge on any atom is -0.394 e. The van der Waals surface area contributed by atoms with Crippen LogP contribution in [0, 0.1) is 46.3 Å². The topological polar surface area (TPSA) is 175 Å². The average molecular weight is 703 g/mol. The van der Waals surface area contributed by atoms with Crippen molar-refractivity contribution in [2.24, 2.45) is 46.3 Å². The summed E-state index contributed by atoms with van der Waals surface area (Å²) in [4.78, 5) is 9.92. The van der Waals surface area contributed by atoms with Gasteiger partial charge in [-0.3, -0.25) is 9.05 Å². The molecule has 1 aliphatic heterocycles. The highest BCUT2D eigenvalue weighted by Crippen LogP contribution is 2.67. The maximum Gasteiger partial charge on any atom is 0.472 e. The van der Waals surface area contributed by atoms with Gasteiger partial charge >= 0.3 is 7.82 Å². The number of fused-ring (bicyclic) bond motifs is 5. The van der Waals surface area contributed by atoms with Crippen molar-refractivity contribution in [2.75, 3.05) is 19.8 Å². The Bertz CT molecular complexity index is 1150. The molecule has 0 aromatic rings. The van der Waals surface area contributed by atoms with Gasteiger partial charge in [0.05, 0.1) is 25.9 Å². The fourth-order valence-corrected chi connectivity index (χ4v) is 11.3. The summed E-state index contributed by atoms with van der Waals surface area (Å²) in [6, 6.07) is 0. The first-order valence-electron chi connectivity index (χ1n) is 18.5. The zero-order chi connectivity index (χ0) is 35.0. The molecule has 0 amide bonds. The fraction of sp³-hybridized carbons (Fsp3) is 0.944. The van der Waals surface area contributed by atoms with E-state index in [-0.39, 0.29) is 11.5 Å². The van der Waals surface area contributed by atoms with Crippen LogP contribution in [-0.4, -0.2) is 93.2 Å². The highest BCUT2D eigenvalue weighted by atomic mass is 31.2. The molecule has 1 heterocycles. The van der Waals surface area contributed by atoms with Crippen molar-refractivity contribution in [1.29, 1.82) is 0 Å².